The normalized spacial score (nSPS) is 13.4. The molecule has 1 aromatic heterocycles. The Labute approximate surface area is 162 Å². The molecule has 1 aromatic carbocycles. The molecule has 0 bridgehead atoms. The smallest absolute Gasteiger partial charge is 0.331 e. The SMILES string of the molecule is N#Cc1c(NC(=O)COC(=O)/C=C/c2ccccc2)sc2c1CCCCC2. The molecule has 138 valence electrons. The molecule has 6 heteroatoms. The highest BCUT2D eigenvalue weighted by Gasteiger charge is 2.21. The number of carbonyl (C=O) groups is 2. The van der Waals surface area contributed by atoms with E-state index >= 15 is 0 Å². The fraction of sp³-hybridized carbons (Fsp3) is 0.286. The summed E-state index contributed by atoms with van der Waals surface area (Å²) in [6, 6.07) is 11.6. The zero-order valence-corrected chi connectivity index (χ0v) is 15.7. The van der Waals surface area contributed by atoms with E-state index in [9.17, 15) is 14.9 Å². The van der Waals surface area contributed by atoms with Gasteiger partial charge < -0.3 is 10.1 Å². The highest BCUT2D eigenvalue weighted by molar-refractivity contribution is 7.16. The Kier molecular flexibility index (Phi) is 6.39. The van der Waals surface area contributed by atoms with Gasteiger partial charge in [0.2, 0.25) is 0 Å². The third-order valence-corrected chi connectivity index (χ3v) is 5.55. The minimum atomic E-state index is -0.587. The minimum absolute atomic E-state index is 0.384. The minimum Gasteiger partial charge on any atom is -0.452 e. The summed E-state index contributed by atoms with van der Waals surface area (Å²) in [6.45, 7) is -0.384. The van der Waals surface area contributed by atoms with Gasteiger partial charge in [-0.25, -0.2) is 4.79 Å². The highest BCUT2D eigenvalue weighted by Crippen LogP contribution is 2.36. The number of hydrogen-bond donors (Lipinski definition) is 1. The molecule has 1 N–H and O–H groups in total. The molecule has 0 saturated heterocycles. The second kappa shape index (κ2) is 9.15. The molecule has 27 heavy (non-hydrogen) atoms. The summed E-state index contributed by atoms with van der Waals surface area (Å²) in [5, 5.41) is 12.8. The third kappa shape index (κ3) is 5.05. The Morgan fingerprint density at radius 3 is 2.74 bits per heavy atom. The van der Waals surface area contributed by atoms with E-state index in [1.807, 2.05) is 30.3 Å². The van der Waals surface area contributed by atoms with Crippen LogP contribution in [0.2, 0.25) is 0 Å². The number of esters is 1. The number of carbonyl (C=O) groups excluding carboxylic acids is 2. The molecule has 0 fully saturated rings. The van der Waals surface area contributed by atoms with Crippen molar-refractivity contribution in [3.63, 3.8) is 0 Å². The van der Waals surface area contributed by atoms with Gasteiger partial charge in [-0.3, -0.25) is 4.79 Å². The van der Waals surface area contributed by atoms with Crippen molar-refractivity contribution in [2.24, 2.45) is 0 Å². The first-order valence-corrected chi connectivity index (χ1v) is 9.73. The van der Waals surface area contributed by atoms with Gasteiger partial charge >= 0.3 is 5.97 Å². The van der Waals surface area contributed by atoms with E-state index in [4.69, 9.17) is 4.74 Å². The summed E-state index contributed by atoms with van der Waals surface area (Å²) in [4.78, 5) is 25.1. The summed E-state index contributed by atoms with van der Waals surface area (Å²) >= 11 is 1.46. The molecule has 1 heterocycles. The van der Waals surface area contributed by atoms with Gasteiger partial charge in [-0.05, 0) is 42.9 Å². The van der Waals surface area contributed by atoms with Crippen LogP contribution in [-0.2, 0) is 27.2 Å². The molecule has 0 spiro atoms. The quantitative estimate of drug-likeness (QED) is 0.481. The molecule has 0 saturated carbocycles. The first-order valence-electron chi connectivity index (χ1n) is 8.91. The van der Waals surface area contributed by atoms with Crippen molar-refractivity contribution in [2.75, 3.05) is 11.9 Å². The third-order valence-electron chi connectivity index (χ3n) is 4.34. The fourth-order valence-electron chi connectivity index (χ4n) is 3.02. The van der Waals surface area contributed by atoms with E-state index in [0.29, 0.717) is 10.6 Å². The van der Waals surface area contributed by atoms with E-state index in [-0.39, 0.29) is 6.61 Å². The lowest BCUT2D eigenvalue weighted by Gasteiger charge is -2.04. The van der Waals surface area contributed by atoms with Crippen molar-refractivity contribution < 1.29 is 14.3 Å². The number of nitriles is 1. The summed E-state index contributed by atoms with van der Waals surface area (Å²) in [5.74, 6) is -1.03. The number of hydrogen-bond acceptors (Lipinski definition) is 5. The summed E-state index contributed by atoms with van der Waals surface area (Å²) < 4.78 is 4.98. The lowest BCUT2D eigenvalue weighted by atomic mass is 10.1. The second-order valence-corrected chi connectivity index (χ2v) is 7.39. The first kappa shape index (κ1) is 18.9. The molecule has 2 aromatic rings. The number of fused-ring (bicyclic) bond motifs is 1. The van der Waals surface area contributed by atoms with Gasteiger partial charge in [0.1, 0.15) is 11.1 Å². The predicted octanol–water partition coefficient (Wildman–Crippen LogP) is 4.08. The van der Waals surface area contributed by atoms with Gasteiger partial charge in [-0.2, -0.15) is 5.26 Å². The lowest BCUT2D eigenvalue weighted by Crippen LogP contribution is -2.20. The van der Waals surface area contributed by atoms with E-state index in [0.717, 1.165) is 36.8 Å². The molecule has 0 atom stereocenters. The van der Waals surface area contributed by atoms with E-state index < -0.39 is 11.9 Å². The first-order chi connectivity index (χ1) is 13.2. The predicted molar refractivity (Wildman–Crippen MR) is 105 cm³/mol. The highest BCUT2D eigenvalue weighted by atomic mass is 32.1. The molecular weight excluding hydrogens is 360 g/mol. The van der Waals surface area contributed by atoms with Crippen LogP contribution in [0.3, 0.4) is 0 Å². The monoisotopic (exact) mass is 380 g/mol. The van der Waals surface area contributed by atoms with Gasteiger partial charge in [0, 0.05) is 11.0 Å². The Bertz CT molecular complexity index is 894. The van der Waals surface area contributed by atoms with Crippen LogP contribution in [0.15, 0.2) is 36.4 Å². The number of thiophene rings is 1. The molecule has 1 amide bonds. The number of nitrogens with one attached hydrogen (secondary N) is 1. The van der Waals surface area contributed by atoms with Gasteiger partial charge in [-0.15, -0.1) is 11.3 Å². The van der Waals surface area contributed by atoms with Crippen molar-refractivity contribution in [3.05, 3.63) is 58.0 Å². The molecule has 3 rings (SSSR count). The maximum atomic E-state index is 12.1. The van der Waals surface area contributed by atoms with Crippen LogP contribution in [0.4, 0.5) is 5.00 Å². The fourth-order valence-corrected chi connectivity index (χ4v) is 4.28. The zero-order valence-electron chi connectivity index (χ0n) is 14.9. The largest absolute Gasteiger partial charge is 0.452 e. The molecular formula is C21H20N2O3S. The van der Waals surface area contributed by atoms with E-state index in [2.05, 4.69) is 11.4 Å². The molecule has 1 aliphatic carbocycles. The number of amides is 1. The van der Waals surface area contributed by atoms with Gasteiger partial charge in [0.05, 0.1) is 5.56 Å². The van der Waals surface area contributed by atoms with Crippen LogP contribution >= 0.6 is 11.3 Å². The lowest BCUT2D eigenvalue weighted by molar-refractivity contribution is -0.142. The van der Waals surface area contributed by atoms with Crippen molar-refractivity contribution in [3.8, 4) is 6.07 Å². The van der Waals surface area contributed by atoms with Crippen LogP contribution in [-0.4, -0.2) is 18.5 Å². The molecule has 0 aliphatic heterocycles. The number of anilines is 1. The van der Waals surface area contributed by atoms with Crippen molar-refractivity contribution in [1.82, 2.24) is 0 Å². The van der Waals surface area contributed by atoms with Gasteiger partial charge in [0.25, 0.3) is 5.91 Å². The van der Waals surface area contributed by atoms with Gasteiger partial charge in [-0.1, -0.05) is 36.8 Å². The summed E-state index contributed by atoms with van der Waals surface area (Å²) in [6.07, 6.45) is 8.09. The standard InChI is InChI=1S/C21H20N2O3S/c22-13-17-16-9-5-2-6-10-18(16)27-21(17)23-19(24)14-26-20(25)12-11-15-7-3-1-4-8-15/h1,3-4,7-8,11-12H,2,5-6,9-10,14H2,(H,23,24)/b12-11+. The number of aryl methyl sites for hydroxylation is 1. The number of nitrogens with zero attached hydrogens (tertiary/aromatic N) is 1. The summed E-state index contributed by atoms with van der Waals surface area (Å²) in [5.41, 5.74) is 2.50. The number of rotatable bonds is 5. The van der Waals surface area contributed by atoms with Crippen LogP contribution in [0.1, 0.15) is 40.8 Å². The van der Waals surface area contributed by atoms with Crippen molar-refractivity contribution in [1.29, 1.82) is 5.26 Å². The average molecular weight is 380 g/mol. The van der Waals surface area contributed by atoms with Gasteiger partial charge in [0.15, 0.2) is 6.61 Å². The second-order valence-electron chi connectivity index (χ2n) is 6.28. The Hall–Kier alpha value is -2.91. The Balaban J connectivity index is 1.56. The van der Waals surface area contributed by atoms with Crippen LogP contribution in [0.5, 0.6) is 0 Å². The van der Waals surface area contributed by atoms with Crippen LogP contribution < -0.4 is 5.32 Å². The molecule has 0 unspecified atom stereocenters. The maximum Gasteiger partial charge on any atom is 0.331 e. The van der Waals surface area contributed by atoms with Crippen LogP contribution in [0.25, 0.3) is 6.08 Å². The Morgan fingerprint density at radius 1 is 1.19 bits per heavy atom. The molecule has 0 radical (unpaired) electrons. The van der Waals surface area contributed by atoms with Crippen molar-refractivity contribution >= 4 is 34.3 Å². The van der Waals surface area contributed by atoms with Crippen LogP contribution in [0, 0.1) is 11.3 Å². The average Bonchev–Trinajstić information content (AvgIpc) is 2.84. The Morgan fingerprint density at radius 2 is 1.96 bits per heavy atom. The summed E-state index contributed by atoms with van der Waals surface area (Å²) in [7, 11) is 0. The number of benzene rings is 1. The topological polar surface area (TPSA) is 79.2 Å². The molecule has 1 aliphatic rings. The van der Waals surface area contributed by atoms with Crippen molar-refractivity contribution in [2.45, 2.75) is 32.1 Å². The molecule has 5 nitrogen and oxygen atoms in total. The maximum absolute atomic E-state index is 12.1. The van der Waals surface area contributed by atoms with E-state index in [1.54, 1.807) is 6.08 Å². The van der Waals surface area contributed by atoms with E-state index in [1.165, 1.54) is 28.7 Å². The number of ether oxygens (including phenoxy) is 1. The zero-order chi connectivity index (χ0) is 19.1.